The summed E-state index contributed by atoms with van der Waals surface area (Å²) in [4.78, 5) is 68.3. The fourth-order valence-electron chi connectivity index (χ4n) is 3.70. The summed E-state index contributed by atoms with van der Waals surface area (Å²) < 4.78 is 0. The Morgan fingerprint density at radius 1 is 0.625 bits per heavy atom. The van der Waals surface area contributed by atoms with Crippen LogP contribution in [0.4, 0.5) is 0 Å². The number of imide groups is 2. The van der Waals surface area contributed by atoms with Crippen molar-refractivity contribution in [2.45, 2.75) is 6.54 Å². The highest BCUT2D eigenvalue weighted by molar-refractivity contribution is 6.22. The molecule has 0 radical (unpaired) electrons. The normalized spacial score (nSPS) is 14.6. The first-order valence-electron chi connectivity index (χ1n) is 9.70. The Morgan fingerprint density at radius 2 is 1.06 bits per heavy atom. The number of amides is 4. The van der Waals surface area contributed by atoms with Gasteiger partial charge in [0.1, 0.15) is 0 Å². The van der Waals surface area contributed by atoms with Crippen LogP contribution in [0.15, 0.2) is 72.8 Å². The molecule has 0 aromatic heterocycles. The lowest BCUT2D eigenvalue weighted by Gasteiger charge is -2.15. The fraction of sp³-hybridized carbons (Fsp3) is 0.0417. The molecule has 32 heavy (non-hydrogen) atoms. The van der Waals surface area contributed by atoms with Gasteiger partial charge in [0.05, 0.1) is 34.4 Å². The summed E-state index contributed by atoms with van der Waals surface area (Å²) in [6.07, 6.45) is 0. The zero-order valence-corrected chi connectivity index (χ0v) is 16.5. The molecule has 0 N–H and O–H groups in total. The number of carbonyl (C=O) groups is 5. The Labute approximate surface area is 181 Å². The van der Waals surface area contributed by atoms with Crippen LogP contribution >= 0.6 is 0 Å². The maximum Gasteiger partial charge on any atom is 0.363 e. The molecule has 8 heteroatoms. The van der Waals surface area contributed by atoms with E-state index in [4.69, 9.17) is 4.84 Å². The van der Waals surface area contributed by atoms with Gasteiger partial charge in [-0.3, -0.25) is 24.1 Å². The molecule has 2 aliphatic rings. The molecule has 0 aliphatic carbocycles. The van der Waals surface area contributed by atoms with Crippen molar-refractivity contribution in [1.29, 1.82) is 0 Å². The lowest BCUT2D eigenvalue weighted by atomic mass is 10.1. The maximum absolute atomic E-state index is 12.5. The van der Waals surface area contributed by atoms with E-state index in [1.807, 2.05) is 0 Å². The van der Waals surface area contributed by atoms with Gasteiger partial charge in [0, 0.05) is 0 Å². The third-order valence-corrected chi connectivity index (χ3v) is 5.34. The first-order valence-corrected chi connectivity index (χ1v) is 9.70. The van der Waals surface area contributed by atoms with Crippen molar-refractivity contribution in [3.63, 3.8) is 0 Å². The van der Waals surface area contributed by atoms with Crippen LogP contribution in [0.2, 0.25) is 0 Å². The molecular formula is C24H14N2O6. The Kier molecular flexibility index (Phi) is 4.41. The number of hydrogen-bond acceptors (Lipinski definition) is 6. The summed E-state index contributed by atoms with van der Waals surface area (Å²) in [6.45, 7) is 0.0417. The molecule has 0 unspecified atom stereocenters. The van der Waals surface area contributed by atoms with Crippen LogP contribution in [0.3, 0.4) is 0 Å². The van der Waals surface area contributed by atoms with E-state index in [-0.39, 0.29) is 35.0 Å². The van der Waals surface area contributed by atoms with Crippen molar-refractivity contribution in [1.82, 2.24) is 9.96 Å². The minimum absolute atomic E-state index is 0.0417. The molecule has 0 saturated carbocycles. The highest BCUT2D eigenvalue weighted by atomic mass is 16.7. The number of fused-ring (bicyclic) bond motifs is 2. The van der Waals surface area contributed by atoms with Gasteiger partial charge in [-0.25, -0.2) is 4.79 Å². The SMILES string of the molecule is O=C(ON1C(=O)c2ccccc2C1=O)c1ccc(CN2C(=O)c3ccccc3C2=O)cc1. The van der Waals surface area contributed by atoms with Gasteiger partial charge in [-0.05, 0) is 42.0 Å². The Balaban J connectivity index is 1.28. The number of rotatable bonds is 4. The molecule has 2 aliphatic heterocycles. The highest BCUT2D eigenvalue weighted by Gasteiger charge is 2.39. The minimum Gasteiger partial charge on any atom is -0.324 e. The van der Waals surface area contributed by atoms with E-state index >= 15 is 0 Å². The van der Waals surface area contributed by atoms with Crippen molar-refractivity contribution in [2.24, 2.45) is 0 Å². The van der Waals surface area contributed by atoms with Crippen LogP contribution in [0.1, 0.15) is 57.4 Å². The maximum atomic E-state index is 12.5. The zero-order valence-electron chi connectivity index (χ0n) is 16.5. The molecule has 0 bridgehead atoms. The molecule has 0 saturated heterocycles. The van der Waals surface area contributed by atoms with E-state index < -0.39 is 17.8 Å². The monoisotopic (exact) mass is 426 g/mol. The number of nitrogens with zero attached hydrogens (tertiary/aromatic N) is 2. The molecule has 2 heterocycles. The molecule has 3 aromatic carbocycles. The lowest BCUT2D eigenvalue weighted by molar-refractivity contribution is -0.0584. The average molecular weight is 426 g/mol. The van der Waals surface area contributed by atoms with Crippen LogP contribution in [-0.4, -0.2) is 39.6 Å². The van der Waals surface area contributed by atoms with Gasteiger partial charge in [-0.1, -0.05) is 41.5 Å². The number of benzene rings is 3. The molecule has 0 atom stereocenters. The number of hydrogen-bond donors (Lipinski definition) is 0. The standard InChI is InChI=1S/C24H14N2O6/c27-20-16-5-1-2-6-17(16)21(28)25(20)13-14-9-11-15(12-10-14)24(31)32-26-22(29)18-7-3-4-8-19(18)23(26)30/h1-12H,13H2. The molecule has 0 spiro atoms. The van der Waals surface area contributed by atoms with Gasteiger partial charge in [0.2, 0.25) is 0 Å². The van der Waals surface area contributed by atoms with Gasteiger partial charge in [-0.2, -0.15) is 0 Å². The van der Waals surface area contributed by atoms with Crippen molar-refractivity contribution < 1.29 is 28.8 Å². The molecule has 5 rings (SSSR count). The third-order valence-electron chi connectivity index (χ3n) is 5.34. The summed E-state index contributed by atoms with van der Waals surface area (Å²) >= 11 is 0. The Morgan fingerprint density at radius 3 is 1.53 bits per heavy atom. The van der Waals surface area contributed by atoms with Crippen LogP contribution in [0.5, 0.6) is 0 Å². The largest absolute Gasteiger partial charge is 0.363 e. The van der Waals surface area contributed by atoms with Crippen molar-refractivity contribution in [3.8, 4) is 0 Å². The van der Waals surface area contributed by atoms with E-state index in [0.717, 1.165) is 4.90 Å². The van der Waals surface area contributed by atoms with Crippen LogP contribution in [-0.2, 0) is 11.4 Å². The summed E-state index contributed by atoms with van der Waals surface area (Å²) in [5.41, 5.74) is 1.78. The highest BCUT2D eigenvalue weighted by Crippen LogP contribution is 2.25. The van der Waals surface area contributed by atoms with Gasteiger partial charge < -0.3 is 4.84 Å². The second-order valence-electron chi connectivity index (χ2n) is 7.27. The van der Waals surface area contributed by atoms with Crippen molar-refractivity contribution in [2.75, 3.05) is 0 Å². The molecule has 156 valence electrons. The van der Waals surface area contributed by atoms with Gasteiger partial charge >= 0.3 is 5.97 Å². The molecule has 8 nitrogen and oxygen atoms in total. The van der Waals surface area contributed by atoms with Crippen LogP contribution in [0.25, 0.3) is 0 Å². The Bertz CT molecular complexity index is 1260. The van der Waals surface area contributed by atoms with Gasteiger partial charge in [0.15, 0.2) is 0 Å². The topological polar surface area (TPSA) is 101 Å². The zero-order chi connectivity index (χ0) is 22.4. The van der Waals surface area contributed by atoms with E-state index in [2.05, 4.69) is 0 Å². The summed E-state index contributed by atoms with van der Waals surface area (Å²) in [6, 6.07) is 18.8. The first kappa shape index (κ1) is 19.4. The first-order chi connectivity index (χ1) is 15.5. The van der Waals surface area contributed by atoms with Gasteiger partial charge in [0.25, 0.3) is 23.6 Å². The Hall–Kier alpha value is -4.59. The smallest absolute Gasteiger partial charge is 0.324 e. The van der Waals surface area contributed by atoms with E-state index in [9.17, 15) is 24.0 Å². The number of carbonyl (C=O) groups excluding carboxylic acids is 5. The predicted molar refractivity (Wildman–Crippen MR) is 109 cm³/mol. The summed E-state index contributed by atoms with van der Waals surface area (Å²) in [5, 5.41) is 0.444. The fourth-order valence-corrected chi connectivity index (χ4v) is 3.70. The third kappa shape index (κ3) is 2.97. The lowest BCUT2D eigenvalue weighted by Crippen LogP contribution is -2.32. The summed E-state index contributed by atoms with van der Waals surface area (Å²) in [5.74, 6) is -3.05. The molecular weight excluding hydrogens is 412 g/mol. The molecule has 3 aromatic rings. The van der Waals surface area contributed by atoms with Crippen LogP contribution < -0.4 is 0 Å². The number of hydroxylamine groups is 2. The predicted octanol–water partition coefficient (Wildman–Crippen LogP) is 2.85. The van der Waals surface area contributed by atoms with Gasteiger partial charge in [-0.15, -0.1) is 0 Å². The average Bonchev–Trinajstić information content (AvgIpc) is 3.20. The van der Waals surface area contributed by atoms with E-state index in [1.165, 1.54) is 24.3 Å². The molecule has 4 amide bonds. The second kappa shape index (κ2) is 7.28. The van der Waals surface area contributed by atoms with E-state index in [0.29, 0.717) is 21.8 Å². The molecule has 0 fully saturated rings. The van der Waals surface area contributed by atoms with Crippen molar-refractivity contribution in [3.05, 3.63) is 106 Å². The summed E-state index contributed by atoms with van der Waals surface area (Å²) in [7, 11) is 0. The van der Waals surface area contributed by atoms with E-state index in [1.54, 1.807) is 48.5 Å². The van der Waals surface area contributed by atoms with Crippen molar-refractivity contribution >= 4 is 29.6 Å². The quantitative estimate of drug-likeness (QED) is 0.595. The minimum atomic E-state index is -0.883. The van der Waals surface area contributed by atoms with Crippen LogP contribution in [0, 0.1) is 0 Å². The second-order valence-corrected chi connectivity index (χ2v) is 7.27.